The van der Waals surface area contributed by atoms with E-state index in [0.29, 0.717) is 6.42 Å². The van der Waals surface area contributed by atoms with Crippen LogP contribution in [-0.4, -0.2) is 31.3 Å². The summed E-state index contributed by atoms with van der Waals surface area (Å²) in [5.41, 5.74) is 0.569. The van der Waals surface area contributed by atoms with Crippen LogP contribution in [0.15, 0.2) is 40.6 Å². The third-order valence-corrected chi connectivity index (χ3v) is 6.03. The van der Waals surface area contributed by atoms with Crippen molar-refractivity contribution in [2.45, 2.75) is 16.7 Å². The van der Waals surface area contributed by atoms with E-state index in [1.807, 2.05) is 30.3 Å². The Balaban J connectivity index is 2.40. The first-order valence-corrected chi connectivity index (χ1v) is 9.44. The number of sulfone groups is 1. The number of hydrogen-bond donors (Lipinski definition) is 2. The molecule has 0 aliphatic rings. The molecule has 1 atom stereocenters. The molecule has 2 aromatic rings. The van der Waals surface area contributed by atoms with E-state index in [2.05, 4.69) is 5.32 Å². The molecule has 1 aromatic heterocycles. The fourth-order valence-electron chi connectivity index (χ4n) is 2.08. The molecular formula is C14H16N2O5S2. The van der Waals surface area contributed by atoms with Gasteiger partial charge in [-0.25, -0.2) is 8.42 Å². The summed E-state index contributed by atoms with van der Waals surface area (Å²) >= 11 is 0.821. The first kappa shape index (κ1) is 17.4. The largest absolute Gasteiger partial charge is 0.396 e. The Morgan fingerprint density at radius 1 is 1.35 bits per heavy atom. The zero-order valence-electron chi connectivity index (χ0n) is 12.3. The monoisotopic (exact) mass is 356 g/mol. The molecule has 0 radical (unpaired) electrons. The SMILES string of the molecule is CS(=O)(=O)c1cc([N+](=O)[O-])c(N[C@@H](CCO)c2ccccc2)s1. The molecule has 23 heavy (non-hydrogen) atoms. The minimum atomic E-state index is -3.53. The number of hydrogen-bond acceptors (Lipinski definition) is 7. The number of anilines is 1. The molecule has 1 heterocycles. The molecule has 0 aliphatic carbocycles. The predicted molar refractivity (Wildman–Crippen MR) is 88.6 cm³/mol. The lowest BCUT2D eigenvalue weighted by atomic mass is 10.0. The zero-order valence-corrected chi connectivity index (χ0v) is 13.9. The van der Waals surface area contributed by atoms with Gasteiger partial charge in [-0.05, 0) is 12.0 Å². The summed E-state index contributed by atoms with van der Waals surface area (Å²) in [6.07, 6.45) is 1.35. The van der Waals surface area contributed by atoms with Crippen molar-refractivity contribution in [2.24, 2.45) is 0 Å². The number of nitro groups is 1. The number of rotatable bonds is 7. The number of benzene rings is 1. The van der Waals surface area contributed by atoms with E-state index in [0.717, 1.165) is 29.2 Å². The highest BCUT2D eigenvalue weighted by atomic mass is 32.2. The molecule has 0 saturated carbocycles. The molecular weight excluding hydrogens is 340 g/mol. The molecule has 9 heteroatoms. The summed E-state index contributed by atoms with van der Waals surface area (Å²) in [6, 6.07) is 9.87. The molecule has 124 valence electrons. The first-order chi connectivity index (χ1) is 10.8. The van der Waals surface area contributed by atoms with E-state index in [-0.39, 0.29) is 27.5 Å². The van der Waals surface area contributed by atoms with Crippen molar-refractivity contribution in [1.82, 2.24) is 0 Å². The fourth-order valence-corrected chi connectivity index (χ4v) is 4.07. The summed E-state index contributed by atoms with van der Waals surface area (Å²) < 4.78 is 23.2. The highest BCUT2D eigenvalue weighted by Crippen LogP contribution is 2.39. The first-order valence-electron chi connectivity index (χ1n) is 6.73. The van der Waals surface area contributed by atoms with Crippen LogP contribution in [0.5, 0.6) is 0 Å². The van der Waals surface area contributed by atoms with Crippen LogP contribution < -0.4 is 5.32 Å². The van der Waals surface area contributed by atoms with E-state index in [1.165, 1.54) is 0 Å². The van der Waals surface area contributed by atoms with Gasteiger partial charge >= 0.3 is 5.69 Å². The Morgan fingerprint density at radius 3 is 2.52 bits per heavy atom. The Morgan fingerprint density at radius 2 is 2.00 bits per heavy atom. The topological polar surface area (TPSA) is 110 Å². The lowest BCUT2D eigenvalue weighted by Gasteiger charge is -2.18. The third kappa shape index (κ3) is 4.27. The van der Waals surface area contributed by atoms with Gasteiger partial charge in [0.1, 0.15) is 4.21 Å². The van der Waals surface area contributed by atoms with E-state index in [9.17, 15) is 23.6 Å². The van der Waals surface area contributed by atoms with Gasteiger partial charge in [0, 0.05) is 18.9 Å². The molecule has 1 aromatic carbocycles. The highest BCUT2D eigenvalue weighted by molar-refractivity contribution is 7.92. The Bertz CT molecular complexity index is 787. The van der Waals surface area contributed by atoms with Crippen LogP contribution in [0, 0.1) is 10.1 Å². The van der Waals surface area contributed by atoms with Gasteiger partial charge in [-0.2, -0.15) is 0 Å². The van der Waals surface area contributed by atoms with Gasteiger partial charge in [-0.3, -0.25) is 10.1 Å². The summed E-state index contributed by atoms with van der Waals surface area (Å²) in [4.78, 5) is 10.5. The molecule has 0 fully saturated rings. The lowest BCUT2D eigenvalue weighted by molar-refractivity contribution is -0.383. The van der Waals surface area contributed by atoms with Gasteiger partial charge in [0.05, 0.1) is 11.0 Å². The maximum absolute atomic E-state index is 11.6. The summed E-state index contributed by atoms with van der Waals surface area (Å²) in [6.45, 7) is -0.106. The Hall–Kier alpha value is -1.97. The van der Waals surface area contributed by atoms with Crippen molar-refractivity contribution in [3.05, 3.63) is 52.1 Å². The Kier molecular flexibility index (Phi) is 5.34. The summed E-state index contributed by atoms with van der Waals surface area (Å²) in [5, 5.41) is 23.5. The molecule has 7 nitrogen and oxygen atoms in total. The number of aliphatic hydroxyl groups excluding tert-OH is 1. The minimum Gasteiger partial charge on any atom is -0.396 e. The van der Waals surface area contributed by atoms with Gasteiger partial charge in [-0.1, -0.05) is 41.7 Å². The number of nitrogens with zero attached hydrogens (tertiary/aromatic N) is 1. The van der Waals surface area contributed by atoms with E-state index in [4.69, 9.17) is 0 Å². The van der Waals surface area contributed by atoms with E-state index < -0.39 is 14.8 Å². The second kappa shape index (κ2) is 7.07. The quantitative estimate of drug-likeness (QED) is 0.583. The average molecular weight is 356 g/mol. The van der Waals surface area contributed by atoms with E-state index >= 15 is 0 Å². The van der Waals surface area contributed by atoms with Crippen molar-refractivity contribution < 1.29 is 18.4 Å². The van der Waals surface area contributed by atoms with E-state index in [1.54, 1.807) is 0 Å². The number of thiophene rings is 1. The molecule has 2 N–H and O–H groups in total. The maximum Gasteiger partial charge on any atom is 0.304 e. The molecule has 0 saturated heterocycles. The van der Waals surface area contributed by atoms with Gasteiger partial charge in [-0.15, -0.1) is 0 Å². The molecule has 0 unspecified atom stereocenters. The second-order valence-electron chi connectivity index (χ2n) is 4.93. The minimum absolute atomic E-state index is 0.0671. The highest BCUT2D eigenvalue weighted by Gasteiger charge is 2.25. The third-order valence-electron chi connectivity index (χ3n) is 3.18. The van der Waals surface area contributed by atoms with Crippen molar-refractivity contribution in [1.29, 1.82) is 0 Å². The summed E-state index contributed by atoms with van der Waals surface area (Å²) in [7, 11) is -3.53. The van der Waals surface area contributed by atoms with Gasteiger partial charge < -0.3 is 10.4 Å². The predicted octanol–water partition coefficient (Wildman–Crippen LogP) is 2.60. The lowest BCUT2D eigenvalue weighted by Crippen LogP contribution is -2.12. The number of nitrogens with one attached hydrogen (secondary N) is 1. The summed E-state index contributed by atoms with van der Waals surface area (Å²) in [5.74, 6) is 0. The van der Waals surface area contributed by atoms with Crippen molar-refractivity contribution in [3.63, 3.8) is 0 Å². The number of aliphatic hydroxyl groups is 1. The van der Waals surface area contributed by atoms with Crippen molar-refractivity contribution >= 4 is 31.9 Å². The van der Waals surface area contributed by atoms with Crippen LogP contribution >= 0.6 is 11.3 Å². The fraction of sp³-hybridized carbons (Fsp3) is 0.286. The van der Waals surface area contributed by atoms with Crippen molar-refractivity contribution in [3.8, 4) is 0 Å². The van der Waals surface area contributed by atoms with Crippen LogP contribution in [-0.2, 0) is 9.84 Å². The maximum atomic E-state index is 11.6. The second-order valence-corrected chi connectivity index (χ2v) is 8.22. The molecule has 0 amide bonds. The van der Waals surface area contributed by atoms with Crippen LogP contribution in [0.3, 0.4) is 0 Å². The van der Waals surface area contributed by atoms with Gasteiger partial charge in [0.2, 0.25) is 0 Å². The van der Waals surface area contributed by atoms with Gasteiger partial charge in [0.15, 0.2) is 14.8 Å². The van der Waals surface area contributed by atoms with Gasteiger partial charge in [0.25, 0.3) is 0 Å². The normalized spacial score (nSPS) is 12.8. The van der Waals surface area contributed by atoms with Crippen LogP contribution in [0.25, 0.3) is 0 Å². The average Bonchev–Trinajstić information content (AvgIpc) is 2.92. The smallest absolute Gasteiger partial charge is 0.304 e. The van der Waals surface area contributed by atoms with Crippen LogP contribution in [0.2, 0.25) is 0 Å². The molecule has 0 spiro atoms. The Labute approximate surface area is 137 Å². The molecule has 0 bridgehead atoms. The van der Waals surface area contributed by atoms with Crippen LogP contribution in [0.1, 0.15) is 18.0 Å². The van der Waals surface area contributed by atoms with Crippen LogP contribution in [0.4, 0.5) is 10.7 Å². The van der Waals surface area contributed by atoms with Crippen molar-refractivity contribution in [2.75, 3.05) is 18.2 Å². The molecule has 2 rings (SSSR count). The zero-order chi connectivity index (χ0) is 17.0. The standard InChI is InChI=1S/C14H16N2O5S2/c1-23(20,21)13-9-12(16(18)19)14(22-13)15-11(7-8-17)10-5-3-2-4-6-10/h2-6,9,11,15,17H,7-8H2,1H3/t11-/m0/s1. The molecule has 0 aliphatic heterocycles.